The molecule has 19 heavy (non-hydrogen) atoms. The fraction of sp³-hybridized carbons (Fsp3) is 1.00. The second-order valence-corrected chi connectivity index (χ2v) is 7.77. The van der Waals surface area contributed by atoms with Crippen molar-refractivity contribution in [3.8, 4) is 0 Å². The van der Waals surface area contributed by atoms with Crippen LogP contribution in [0, 0.1) is 5.41 Å². The lowest BCUT2D eigenvalue weighted by atomic mass is 9.68. The van der Waals surface area contributed by atoms with Gasteiger partial charge in [-0.25, -0.2) is 0 Å². The smallest absolute Gasteiger partial charge is 0.0332 e. The maximum atomic E-state index is 6.20. The summed E-state index contributed by atoms with van der Waals surface area (Å²) in [5, 5.41) is 0. The molecule has 2 N–H and O–H groups in total. The maximum absolute atomic E-state index is 6.20. The van der Waals surface area contributed by atoms with Gasteiger partial charge in [-0.15, -0.1) is 0 Å². The van der Waals surface area contributed by atoms with E-state index >= 15 is 0 Å². The van der Waals surface area contributed by atoms with Crippen molar-refractivity contribution in [2.75, 3.05) is 33.7 Å². The molecule has 0 spiro atoms. The van der Waals surface area contributed by atoms with Crippen LogP contribution in [0.1, 0.15) is 52.4 Å². The van der Waals surface area contributed by atoms with E-state index in [1.807, 2.05) is 0 Å². The summed E-state index contributed by atoms with van der Waals surface area (Å²) in [7, 11) is 4.42. The molecule has 2 fully saturated rings. The topological polar surface area (TPSA) is 32.5 Å². The second kappa shape index (κ2) is 5.71. The normalized spacial score (nSPS) is 28.7. The van der Waals surface area contributed by atoms with E-state index in [1.165, 1.54) is 51.6 Å². The van der Waals surface area contributed by atoms with Gasteiger partial charge in [-0.2, -0.15) is 0 Å². The first kappa shape index (κ1) is 15.3. The average molecular weight is 267 g/mol. The van der Waals surface area contributed by atoms with E-state index in [4.69, 9.17) is 5.73 Å². The van der Waals surface area contributed by atoms with Crippen molar-refractivity contribution in [3.05, 3.63) is 0 Å². The molecule has 2 rings (SSSR count). The summed E-state index contributed by atoms with van der Waals surface area (Å²) in [5.74, 6) is 0. The molecular weight excluding hydrogens is 234 g/mol. The molecule has 1 saturated heterocycles. The molecular formula is C16H33N3. The number of rotatable bonds is 3. The highest BCUT2D eigenvalue weighted by Gasteiger charge is 2.42. The van der Waals surface area contributed by atoms with Crippen LogP contribution in [-0.4, -0.2) is 55.1 Å². The molecule has 0 bridgehead atoms. The zero-order valence-corrected chi connectivity index (χ0v) is 13.4. The molecule has 1 aliphatic carbocycles. The van der Waals surface area contributed by atoms with Crippen LogP contribution in [0.4, 0.5) is 0 Å². The predicted molar refractivity (Wildman–Crippen MR) is 82.3 cm³/mol. The van der Waals surface area contributed by atoms with Gasteiger partial charge in [0.15, 0.2) is 0 Å². The third-order valence-electron chi connectivity index (χ3n) is 5.78. The van der Waals surface area contributed by atoms with Gasteiger partial charge < -0.3 is 10.6 Å². The monoisotopic (exact) mass is 267 g/mol. The molecule has 1 aliphatic heterocycles. The highest BCUT2D eigenvalue weighted by molar-refractivity contribution is 4.99. The largest absolute Gasteiger partial charge is 0.329 e. The van der Waals surface area contributed by atoms with E-state index in [-0.39, 0.29) is 0 Å². The van der Waals surface area contributed by atoms with Gasteiger partial charge in [0.05, 0.1) is 0 Å². The Labute approximate surface area is 119 Å². The van der Waals surface area contributed by atoms with E-state index in [2.05, 4.69) is 37.7 Å². The van der Waals surface area contributed by atoms with Crippen LogP contribution in [0.25, 0.3) is 0 Å². The predicted octanol–water partition coefficient (Wildman–Crippen LogP) is 2.31. The van der Waals surface area contributed by atoms with Crippen LogP contribution in [0.2, 0.25) is 0 Å². The number of nitrogens with zero attached hydrogens (tertiary/aromatic N) is 2. The van der Waals surface area contributed by atoms with Crippen LogP contribution >= 0.6 is 0 Å². The van der Waals surface area contributed by atoms with E-state index in [0.29, 0.717) is 11.0 Å². The number of nitrogens with two attached hydrogens (primary N) is 1. The summed E-state index contributed by atoms with van der Waals surface area (Å²) in [5.41, 5.74) is 7.04. The Bertz CT molecular complexity index is 280. The quantitative estimate of drug-likeness (QED) is 0.852. The van der Waals surface area contributed by atoms with Crippen molar-refractivity contribution in [2.24, 2.45) is 11.1 Å². The Balaban J connectivity index is 1.96. The van der Waals surface area contributed by atoms with Crippen LogP contribution in [0.5, 0.6) is 0 Å². The van der Waals surface area contributed by atoms with Gasteiger partial charge in [0.2, 0.25) is 0 Å². The van der Waals surface area contributed by atoms with Crippen LogP contribution in [-0.2, 0) is 0 Å². The fourth-order valence-electron chi connectivity index (χ4n) is 3.90. The molecule has 0 amide bonds. The van der Waals surface area contributed by atoms with E-state index in [1.54, 1.807) is 0 Å². The summed E-state index contributed by atoms with van der Waals surface area (Å²) in [6, 6.07) is 0.770. The molecule has 2 aliphatic rings. The molecule has 3 nitrogen and oxygen atoms in total. The van der Waals surface area contributed by atoms with Crippen molar-refractivity contribution in [2.45, 2.75) is 64.0 Å². The lowest BCUT2D eigenvalue weighted by Crippen LogP contribution is -2.59. The van der Waals surface area contributed by atoms with Gasteiger partial charge in [-0.1, -0.05) is 13.8 Å². The highest BCUT2D eigenvalue weighted by Crippen LogP contribution is 2.43. The van der Waals surface area contributed by atoms with E-state index < -0.39 is 0 Å². The van der Waals surface area contributed by atoms with Crippen LogP contribution in [0.3, 0.4) is 0 Å². The number of hydrogen-bond acceptors (Lipinski definition) is 3. The molecule has 0 aromatic rings. The number of hydrogen-bond donors (Lipinski definition) is 1. The van der Waals surface area contributed by atoms with E-state index in [9.17, 15) is 0 Å². The summed E-state index contributed by atoms with van der Waals surface area (Å²) in [6.07, 6.45) is 7.86. The lowest BCUT2D eigenvalue weighted by molar-refractivity contribution is -0.00334. The molecule has 0 aromatic carbocycles. The minimum Gasteiger partial charge on any atom is -0.329 e. The van der Waals surface area contributed by atoms with Crippen molar-refractivity contribution in [1.29, 1.82) is 0 Å². The van der Waals surface area contributed by atoms with Crippen molar-refractivity contribution in [3.63, 3.8) is 0 Å². The minimum atomic E-state index is 0.312. The van der Waals surface area contributed by atoms with Gasteiger partial charge in [-0.3, -0.25) is 4.90 Å². The number of piperidine rings is 1. The summed E-state index contributed by atoms with van der Waals surface area (Å²) >= 11 is 0. The molecule has 0 atom stereocenters. The second-order valence-electron chi connectivity index (χ2n) is 7.77. The zero-order chi connectivity index (χ0) is 14.1. The van der Waals surface area contributed by atoms with Gasteiger partial charge >= 0.3 is 0 Å². The first-order chi connectivity index (χ1) is 8.88. The summed E-state index contributed by atoms with van der Waals surface area (Å²) in [4.78, 5) is 5.11. The Morgan fingerprint density at radius 3 is 2.00 bits per heavy atom. The Morgan fingerprint density at radius 1 is 1.05 bits per heavy atom. The Morgan fingerprint density at radius 2 is 1.58 bits per heavy atom. The molecule has 3 heteroatoms. The van der Waals surface area contributed by atoms with Crippen molar-refractivity contribution < 1.29 is 0 Å². The third kappa shape index (κ3) is 3.32. The van der Waals surface area contributed by atoms with Crippen molar-refractivity contribution in [1.82, 2.24) is 9.80 Å². The molecule has 0 radical (unpaired) electrons. The SMILES string of the molecule is CN(C)C1CCN(C2(CN)CCC(C)(C)CC2)CC1. The van der Waals surface area contributed by atoms with Gasteiger partial charge in [-0.05, 0) is 58.0 Å². The first-order valence-electron chi connectivity index (χ1n) is 8.00. The maximum Gasteiger partial charge on any atom is 0.0332 e. The third-order valence-corrected chi connectivity index (χ3v) is 5.78. The zero-order valence-electron chi connectivity index (χ0n) is 13.4. The minimum absolute atomic E-state index is 0.312. The summed E-state index contributed by atoms with van der Waals surface area (Å²) in [6.45, 7) is 8.13. The van der Waals surface area contributed by atoms with Crippen LogP contribution in [0.15, 0.2) is 0 Å². The molecule has 0 aromatic heterocycles. The Hall–Kier alpha value is -0.120. The molecule has 1 heterocycles. The summed E-state index contributed by atoms with van der Waals surface area (Å²) < 4.78 is 0. The van der Waals surface area contributed by atoms with Gasteiger partial charge in [0, 0.05) is 31.2 Å². The van der Waals surface area contributed by atoms with Crippen LogP contribution < -0.4 is 5.73 Å². The average Bonchev–Trinajstić information content (AvgIpc) is 2.40. The molecule has 0 unspecified atom stereocenters. The van der Waals surface area contributed by atoms with Gasteiger partial charge in [0.25, 0.3) is 0 Å². The van der Waals surface area contributed by atoms with Gasteiger partial charge in [0.1, 0.15) is 0 Å². The Kier molecular flexibility index (Phi) is 4.59. The highest BCUT2D eigenvalue weighted by atomic mass is 15.2. The van der Waals surface area contributed by atoms with E-state index in [0.717, 1.165) is 12.6 Å². The first-order valence-corrected chi connectivity index (χ1v) is 8.00. The molecule has 112 valence electrons. The lowest BCUT2D eigenvalue weighted by Gasteiger charge is -2.52. The standard InChI is InChI=1S/C16H33N3/c1-15(2)7-9-16(13-17,10-8-15)19-11-5-14(6-12-19)18(3)4/h14H,5-13,17H2,1-4H3. The molecule has 1 saturated carbocycles. The fourth-order valence-corrected chi connectivity index (χ4v) is 3.90. The van der Waals surface area contributed by atoms with Crippen molar-refractivity contribution >= 4 is 0 Å². The number of likely N-dealkylation sites (tertiary alicyclic amines) is 1.